The smallest absolute Gasteiger partial charge is 0.332 e. The van der Waals surface area contributed by atoms with E-state index in [-0.39, 0.29) is 16.8 Å². The molecule has 0 radical (unpaired) electrons. The van der Waals surface area contributed by atoms with E-state index >= 15 is 0 Å². The molecular weight excluding hydrogens is 377 g/mol. The van der Waals surface area contributed by atoms with Crippen LogP contribution in [0.4, 0.5) is 4.39 Å². The number of carbonyl (C=O) groups is 2. The van der Waals surface area contributed by atoms with E-state index in [0.717, 1.165) is 25.0 Å². The van der Waals surface area contributed by atoms with Crippen molar-refractivity contribution in [2.24, 2.45) is 0 Å². The number of fused-ring (bicyclic) bond motifs is 1. The predicted octanol–water partition coefficient (Wildman–Crippen LogP) is 2.84. The fraction of sp³-hybridized carbons (Fsp3) is 0.474. The van der Waals surface area contributed by atoms with Gasteiger partial charge >= 0.3 is 11.9 Å². The van der Waals surface area contributed by atoms with Gasteiger partial charge < -0.3 is 14.2 Å². The van der Waals surface area contributed by atoms with Gasteiger partial charge in [-0.25, -0.2) is 14.0 Å². The number of carbonyl (C=O) groups excluding carboxylic acids is 2. The van der Waals surface area contributed by atoms with Crippen LogP contribution in [0.1, 0.15) is 25.7 Å². The van der Waals surface area contributed by atoms with E-state index in [1.165, 1.54) is 12.1 Å². The van der Waals surface area contributed by atoms with Crippen LogP contribution in [0.25, 0.3) is 0 Å². The Morgan fingerprint density at radius 1 is 1.30 bits per heavy atom. The SMILES string of the molecule is CN1C2CCCC13OC(=O)/C=C/C(=O)OC3C(Oc1ccc(Cl)c(F)c1)C2. The molecular formula is C19H19ClFNO5. The summed E-state index contributed by atoms with van der Waals surface area (Å²) < 4.78 is 31.2. The second-order valence-electron chi connectivity index (χ2n) is 7.08. The van der Waals surface area contributed by atoms with E-state index in [1.54, 1.807) is 6.07 Å². The molecule has 0 amide bonds. The lowest BCUT2D eigenvalue weighted by Gasteiger charge is -2.57. The number of likely N-dealkylation sites (N-methyl/N-ethyl adjacent to an activating group) is 1. The maximum absolute atomic E-state index is 13.8. The first-order valence-electron chi connectivity index (χ1n) is 8.85. The standard InChI is InChI=1S/C19H19ClFNO5/c1-22-11-3-2-8-19(22)18(26-16(23)6-7-17(24)27-19)15(9-11)25-12-4-5-13(20)14(21)10-12/h4-7,10-11,15,18H,2-3,8-9H2,1H3/b7-6+. The van der Waals surface area contributed by atoms with Crippen molar-refractivity contribution < 1.29 is 28.2 Å². The third-order valence-corrected chi connectivity index (χ3v) is 5.86. The summed E-state index contributed by atoms with van der Waals surface area (Å²) >= 11 is 5.73. The van der Waals surface area contributed by atoms with Crippen LogP contribution in [0.15, 0.2) is 30.4 Å². The van der Waals surface area contributed by atoms with Crippen molar-refractivity contribution in [1.29, 1.82) is 0 Å². The van der Waals surface area contributed by atoms with Gasteiger partial charge in [-0.05, 0) is 32.0 Å². The fourth-order valence-corrected chi connectivity index (χ4v) is 4.38. The lowest BCUT2D eigenvalue weighted by molar-refractivity contribution is -0.270. The van der Waals surface area contributed by atoms with E-state index in [0.29, 0.717) is 12.8 Å². The Balaban J connectivity index is 1.71. The monoisotopic (exact) mass is 395 g/mol. The molecule has 1 aromatic carbocycles. The van der Waals surface area contributed by atoms with Crippen molar-refractivity contribution in [1.82, 2.24) is 4.90 Å². The molecule has 27 heavy (non-hydrogen) atoms. The zero-order valence-electron chi connectivity index (χ0n) is 14.7. The van der Waals surface area contributed by atoms with Crippen LogP contribution in [0, 0.1) is 5.82 Å². The minimum Gasteiger partial charge on any atom is -0.486 e. The maximum Gasteiger partial charge on any atom is 0.332 e. The molecule has 1 spiro atoms. The average molecular weight is 396 g/mol. The molecule has 3 aliphatic rings. The highest BCUT2D eigenvalue weighted by molar-refractivity contribution is 6.30. The van der Waals surface area contributed by atoms with Crippen molar-refractivity contribution in [2.45, 2.75) is 49.7 Å². The minimum atomic E-state index is -1.10. The summed E-state index contributed by atoms with van der Waals surface area (Å²) in [6, 6.07) is 4.25. The first-order valence-corrected chi connectivity index (χ1v) is 9.23. The number of hydrogen-bond acceptors (Lipinski definition) is 6. The lowest BCUT2D eigenvalue weighted by Crippen LogP contribution is -2.72. The molecule has 2 bridgehead atoms. The van der Waals surface area contributed by atoms with Gasteiger partial charge in [0.25, 0.3) is 0 Å². The Hall–Kier alpha value is -2.12. The zero-order chi connectivity index (χ0) is 19.2. The minimum absolute atomic E-state index is 0.00415. The molecule has 3 aliphatic heterocycles. The Labute approximate surface area is 160 Å². The highest BCUT2D eigenvalue weighted by Gasteiger charge is 2.60. The summed E-state index contributed by atoms with van der Waals surface area (Å²) in [7, 11) is 1.86. The third kappa shape index (κ3) is 3.19. The van der Waals surface area contributed by atoms with E-state index in [1.807, 2.05) is 11.9 Å². The molecule has 0 aromatic heterocycles. The molecule has 0 saturated carbocycles. The largest absolute Gasteiger partial charge is 0.486 e. The molecule has 2 saturated heterocycles. The van der Waals surface area contributed by atoms with Crippen molar-refractivity contribution in [3.63, 3.8) is 0 Å². The molecule has 2 fully saturated rings. The molecule has 3 heterocycles. The topological polar surface area (TPSA) is 65.1 Å². The third-order valence-electron chi connectivity index (χ3n) is 5.56. The van der Waals surface area contributed by atoms with Gasteiger partial charge in [0.2, 0.25) is 5.72 Å². The van der Waals surface area contributed by atoms with Gasteiger partial charge in [0, 0.05) is 37.1 Å². The number of ether oxygens (including phenoxy) is 3. The summed E-state index contributed by atoms with van der Waals surface area (Å²) in [5.74, 6) is -1.55. The number of esters is 2. The van der Waals surface area contributed by atoms with Gasteiger partial charge in [-0.2, -0.15) is 0 Å². The second-order valence-corrected chi connectivity index (χ2v) is 7.49. The number of piperidine rings is 2. The van der Waals surface area contributed by atoms with Crippen LogP contribution >= 0.6 is 11.6 Å². The maximum atomic E-state index is 13.8. The van der Waals surface area contributed by atoms with Crippen molar-refractivity contribution in [2.75, 3.05) is 7.05 Å². The van der Waals surface area contributed by atoms with Crippen LogP contribution in [0.2, 0.25) is 5.02 Å². The normalized spacial score (nSPS) is 34.6. The molecule has 0 aliphatic carbocycles. The molecule has 4 unspecified atom stereocenters. The van der Waals surface area contributed by atoms with Crippen LogP contribution < -0.4 is 4.74 Å². The fourth-order valence-electron chi connectivity index (χ4n) is 4.26. The zero-order valence-corrected chi connectivity index (χ0v) is 15.4. The summed E-state index contributed by atoms with van der Waals surface area (Å²) in [6.45, 7) is 0. The Kier molecular flexibility index (Phi) is 4.60. The first-order chi connectivity index (χ1) is 12.9. The van der Waals surface area contributed by atoms with Crippen LogP contribution in [0.5, 0.6) is 5.75 Å². The Morgan fingerprint density at radius 2 is 2.07 bits per heavy atom. The van der Waals surface area contributed by atoms with Gasteiger partial charge in [-0.15, -0.1) is 0 Å². The van der Waals surface area contributed by atoms with Crippen LogP contribution in [-0.4, -0.2) is 47.9 Å². The predicted molar refractivity (Wildman–Crippen MR) is 93.7 cm³/mol. The Morgan fingerprint density at radius 3 is 2.85 bits per heavy atom. The number of rotatable bonds is 2. The van der Waals surface area contributed by atoms with Gasteiger partial charge in [0.15, 0.2) is 6.10 Å². The molecule has 1 aromatic rings. The summed E-state index contributed by atoms with van der Waals surface area (Å²) in [5, 5.41) is -0.00415. The molecule has 4 rings (SSSR count). The van der Waals surface area contributed by atoms with Crippen molar-refractivity contribution in [3.8, 4) is 5.75 Å². The second kappa shape index (κ2) is 6.80. The molecule has 6 nitrogen and oxygen atoms in total. The summed E-state index contributed by atoms with van der Waals surface area (Å²) in [5.41, 5.74) is -1.10. The highest BCUT2D eigenvalue weighted by Crippen LogP contribution is 2.45. The summed E-state index contributed by atoms with van der Waals surface area (Å²) in [6.07, 6.45) is 3.51. The molecule has 8 heteroatoms. The average Bonchev–Trinajstić information content (AvgIpc) is 2.61. The van der Waals surface area contributed by atoms with E-state index in [2.05, 4.69) is 0 Å². The first kappa shape index (κ1) is 18.3. The number of hydrogen-bond donors (Lipinski definition) is 0. The molecule has 144 valence electrons. The van der Waals surface area contributed by atoms with E-state index in [4.69, 9.17) is 25.8 Å². The van der Waals surface area contributed by atoms with Crippen LogP contribution in [0.3, 0.4) is 0 Å². The van der Waals surface area contributed by atoms with Gasteiger partial charge in [0.1, 0.15) is 17.7 Å². The van der Waals surface area contributed by atoms with Gasteiger partial charge in [0.05, 0.1) is 5.02 Å². The molecule has 4 atom stereocenters. The quantitative estimate of drug-likeness (QED) is 0.717. The number of halogens is 2. The van der Waals surface area contributed by atoms with Crippen molar-refractivity contribution in [3.05, 3.63) is 41.2 Å². The van der Waals surface area contributed by atoms with Gasteiger partial charge in [-0.3, -0.25) is 4.90 Å². The Bertz CT molecular complexity index is 815. The number of benzene rings is 1. The van der Waals surface area contributed by atoms with E-state index < -0.39 is 35.7 Å². The van der Waals surface area contributed by atoms with E-state index in [9.17, 15) is 14.0 Å². The van der Waals surface area contributed by atoms with Crippen molar-refractivity contribution >= 4 is 23.5 Å². The lowest BCUT2D eigenvalue weighted by atomic mass is 9.78. The summed E-state index contributed by atoms with van der Waals surface area (Å²) in [4.78, 5) is 26.3. The molecule has 0 N–H and O–H groups in total. The number of nitrogens with zero attached hydrogens (tertiary/aromatic N) is 1. The highest BCUT2D eigenvalue weighted by atomic mass is 35.5. The van der Waals surface area contributed by atoms with Gasteiger partial charge in [-0.1, -0.05) is 11.6 Å². The van der Waals surface area contributed by atoms with Crippen LogP contribution in [-0.2, 0) is 19.1 Å².